The van der Waals surface area contributed by atoms with Crippen molar-refractivity contribution in [3.05, 3.63) is 28.8 Å². The van der Waals surface area contributed by atoms with Crippen molar-refractivity contribution >= 4 is 23.4 Å². The highest BCUT2D eigenvalue weighted by Gasteiger charge is 2.27. The van der Waals surface area contributed by atoms with Gasteiger partial charge >= 0.3 is 6.09 Å². The Balaban J connectivity index is 1.99. The van der Waals surface area contributed by atoms with Crippen LogP contribution in [0.3, 0.4) is 0 Å². The summed E-state index contributed by atoms with van der Waals surface area (Å²) in [6.07, 6.45) is 0.406. The van der Waals surface area contributed by atoms with Gasteiger partial charge < -0.3 is 15.0 Å². The van der Waals surface area contributed by atoms with Gasteiger partial charge in [-0.3, -0.25) is 0 Å². The smallest absolute Gasteiger partial charge is 0.407 e. The number of nitriles is 1. The molecular formula is C16H20ClN3O2. The van der Waals surface area contributed by atoms with Crippen molar-refractivity contribution in [2.75, 3.05) is 18.0 Å². The van der Waals surface area contributed by atoms with Crippen LogP contribution in [0.25, 0.3) is 0 Å². The van der Waals surface area contributed by atoms with E-state index in [2.05, 4.69) is 16.3 Å². The molecule has 22 heavy (non-hydrogen) atoms. The number of carbonyl (C=O) groups excluding carboxylic acids is 1. The Morgan fingerprint density at radius 1 is 1.50 bits per heavy atom. The lowest BCUT2D eigenvalue weighted by Crippen LogP contribution is -2.40. The van der Waals surface area contributed by atoms with Gasteiger partial charge in [-0.25, -0.2) is 4.79 Å². The van der Waals surface area contributed by atoms with E-state index in [4.69, 9.17) is 16.3 Å². The van der Waals surface area contributed by atoms with Gasteiger partial charge in [-0.2, -0.15) is 5.26 Å². The molecule has 1 aliphatic heterocycles. The zero-order valence-electron chi connectivity index (χ0n) is 13.0. The average Bonchev–Trinajstić information content (AvgIpc) is 2.84. The molecule has 1 aliphatic rings. The minimum absolute atomic E-state index is 0.0112. The SMILES string of the molecule is CC(C)(C)OC(=O)N[C@H]1CCN(c2ccc(Cl)cc2C#N)C1. The van der Waals surface area contributed by atoms with E-state index in [1.165, 1.54) is 0 Å². The highest BCUT2D eigenvalue weighted by Crippen LogP contribution is 2.27. The van der Waals surface area contributed by atoms with Crippen molar-refractivity contribution in [3.8, 4) is 6.07 Å². The number of hydrogen-bond donors (Lipinski definition) is 1. The second-order valence-corrected chi connectivity index (χ2v) is 6.79. The Labute approximate surface area is 135 Å². The van der Waals surface area contributed by atoms with Gasteiger partial charge in [0.2, 0.25) is 0 Å². The largest absolute Gasteiger partial charge is 0.444 e. The van der Waals surface area contributed by atoms with Crippen molar-refractivity contribution in [3.63, 3.8) is 0 Å². The van der Waals surface area contributed by atoms with Crippen LogP contribution in [0.2, 0.25) is 5.02 Å². The molecule has 1 aromatic rings. The maximum absolute atomic E-state index is 11.8. The van der Waals surface area contributed by atoms with Crippen LogP contribution >= 0.6 is 11.6 Å². The number of amides is 1. The van der Waals surface area contributed by atoms with E-state index >= 15 is 0 Å². The molecule has 0 saturated carbocycles. The van der Waals surface area contributed by atoms with Gasteiger partial charge in [-0.05, 0) is 45.4 Å². The number of nitrogens with zero attached hydrogens (tertiary/aromatic N) is 2. The van der Waals surface area contributed by atoms with Crippen LogP contribution in [0.1, 0.15) is 32.8 Å². The predicted octanol–water partition coefficient (Wildman–Crippen LogP) is 3.32. The number of alkyl carbamates (subject to hydrolysis) is 1. The minimum atomic E-state index is -0.507. The second-order valence-electron chi connectivity index (χ2n) is 6.35. The third-order valence-corrected chi connectivity index (χ3v) is 3.56. The molecule has 0 aliphatic carbocycles. The summed E-state index contributed by atoms with van der Waals surface area (Å²) in [5.74, 6) is 0. The molecule has 0 aromatic heterocycles. The van der Waals surface area contributed by atoms with Crippen LogP contribution in [0, 0.1) is 11.3 Å². The second kappa shape index (κ2) is 6.45. The molecule has 118 valence electrons. The first-order chi connectivity index (χ1) is 10.3. The zero-order chi connectivity index (χ0) is 16.3. The summed E-state index contributed by atoms with van der Waals surface area (Å²) >= 11 is 5.92. The zero-order valence-corrected chi connectivity index (χ0v) is 13.8. The Morgan fingerprint density at radius 3 is 2.86 bits per heavy atom. The molecule has 1 amide bonds. The lowest BCUT2D eigenvalue weighted by molar-refractivity contribution is 0.0509. The van der Waals surface area contributed by atoms with E-state index in [-0.39, 0.29) is 6.04 Å². The Hall–Kier alpha value is -1.93. The standard InChI is InChI=1S/C16H20ClN3O2/c1-16(2,3)22-15(21)19-13-6-7-20(10-13)14-5-4-12(17)8-11(14)9-18/h4-5,8,13H,6-7,10H2,1-3H3,(H,19,21)/t13-/m0/s1. The molecule has 0 spiro atoms. The van der Waals surface area contributed by atoms with Gasteiger partial charge in [0.1, 0.15) is 11.7 Å². The minimum Gasteiger partial charge on any atom is -0.444 e. The molecule has 0 unspecified atom stereocenters. The van der Waals surface area contributed by atoms with E-state index in [1.807, 2.05) is 26.8 Å². The predicted molar refractivity (Wildman–Crippen MR) is 86.2 cm³/mol. The van der Waals surface area contributed by atoms with Gasteiger partial charge in [0.15, 0.2) is 0 Å². The van der Waals surface area contributed by atoms with E-state index in [9.17, 15) is 10.1 Å². The van der Waals surface area contributed by atoms with E-state index < -0.39 is 11.7 Å². The molecule has 1 atom stereocenters. The number of carbonyl (C=O) groups is 1. The number of benzene rings is 1. The fourth-order valence-corrected chi connectivity index (χ4v) is 2.62. The fraction of sp³-hybridized carbons (Fsp3) is 0.500. The molecule has 0 bridgehead atoms. The lowest BCUT2D eigenvalue weighted by Gasteiger charge is -2.23. The van der Waals surface area contributed by atoms with Gasteiger partial charge in [0.25, 0.3) is 0 Å². The van der Waals surface area contributed by atoms with Crippen LogP contribution in [-0.2, 0) is 4.74 Å². The first-order valence-electron chi connectivity index (χ1n) is 7.22. The Morgan fingerprint density at radius 2 is 2.23 bits per heavy atom. The first-order valence-corrected chi connectivity index (χ1v) is 7.60. The van der Waals surface area contributed by atoms with Crippen molar-refractivity contribution in [2.24, 2.45) is 0 Å². The first kappa shape index (κ1) is 16.4. The molecule has 1 saturated heterocycles. The van der Waals surface area contributed by atoms with Gasteiger partial charge in [-0.15, -0.1) is 0 Å². The lowest BCUT2D eigenvalue weighted by atomic mass is 10.2. The van der Waals surface area contributed by atoms with Crippen LogP contribution in [0.5, 0.6) is 0 Å². The molecule has 1 aromatic carbocycles. The average molecular weight is 322 g/mol. The quantitative estimate of drug-likeness (QED) is 0.907. The Kier molecular flexibility index (Phi) is 4.82. The highest BCUT2D eigenvalue weighted by molar-refractivity contribution is 6.30. The summed E-state index contributed by atoms with van der Waals surface area (Å²) < 4.78 is 5.26. The summed E-state index contributed by atoms with van der Waals surface area (Å²) in [5.41, 5.74) is 0.887. The summed E-state index contributed by atoms with van der Waals surface area (Å²) in [6.45, 7) is 6.92. The number of hydrogen-bond acceptors (Lipinski definition) is 4. The Bertz CT molecular complexity index is 604. The van der Waals surface area contributed by atoms with Crippen molar-refractivity contribution in [1.29, 1.82) is 5.26 Å². The molecule has 1 N–H and O–H groups in total. The number of rotatable bonds is 2. The third kappa shape index (κ3) is 4.28. The van der Waals surface area contributed by atoms with Gasteiger partial charge in [0, 0.05) is 18.1 Å². The number of nitrogens with one attached hydrogen (secondary N) is 1. The normalized spacial score (nSPS) is 18.0. The summed E-state index contributed by atoms with van der Waals surface area (Å²) in [4.78, 5) is 13.9. The number of halogens is 1. The van der Waals surface area contributed by atoms with Crippen LogP contribution in [0.4, 0.5) is 10.5 Å². The van der Waals surface area contributed by atoms with E-state index in [1.54, 1.807) is 12.1 Å². The summed E-state index contributed by atoms with van der Waals surface area (Å²) in [6, 6.07) is 7.45. The van der Waals surface area contributed by atoms with Crippen molar-refractivity contribution < 1.29 is 9.53 Å². The van der Waals surface area contributed by atoms with Crippen LogP contribution in [0.15, 0.2) is 18.2 Å². The van der Waals surface area contributed by atoms with Crippen LogP contribution < -0.4 is 10.2 Å². The third-order valence-electron chi connectivity index (χ3n) is 3.33. The molecule has 6 heteroatoms. The van der Waals surface area contributed by atoms with E-state index in [0.717, 1.165) is 18.7 Å². The molecule has 1 heterocycles. The molecular weight excluding hydrogens is 302 g/mol. The molecule has 1 fully saturated rings. The maximum Gasteiger partial charge on any atom is 0.407 e. The molecule has 0 radical (unpaired) electrons. The number of ether oxygens (including phenoxy) is 1. The summed E-state index contributed by atoms with van der Waals surface area (Å²) in [5, 5.41) is 12.6. The fourth-order valence-electron chi connectivity index (χ4n) is 2.44. The van der Waals surface area contributed by atoms with Crippen molar-refractivity contribution in [2.45, 2.75) is 38.8 Å². The van der Waals surface area contributed by atoms with Gasteiger partial charge in [0.05, 0.1) is 17.3 Å². The molecule has 2 rings (SSSR count). The van der Waals surface area contributed by atoms with E-state index in [0.29, 0.717) is 17.1 Å². The number of anilines is 1. The molecule has 5 nitrogen and oxygen atoms in total. The summed E-state index contributed by atoms with van der Waals surface area (Å²) in [7, 11) is 0. The topological polar surface area (TPSA) is 65.4 Å². The van der Waals surface area contributed by atoms with Crippen LogP contribution in [-0.4, -0.2) is 30.8 Å². The van der Waals surface area contributed by atoms with Crippen molar-refractivity contribution in [1.82, 2.24) is 5.32 Å². The highest BCUT2D eigenvalue weighted by atomic mass is 35.5. The maximum atomic E-state index is 11.8. The monoisotopic (exact) mass is 321 g/mol. The van der Waals surface area contributed by atoms with Gasteiger partial charge in [-0.1, -0.05) is 11.6 Å².